The molecule has 0 atom stereocenters. The van der Waals surface area contributed by atoms with Crippen molar-refractivity contribution >= 4 is 29.0 Å². The van der Waals surface area contributed by atoms with Crippen LogP contribution in [0.2, 0.25) is 10.0 Å². The van der Waals surface area contributed by atoms with Crippen molar-refractivity contribution in [3.63, 3.8) is 0 Å². The fourth-order valence-electron chi connectivity index (χ4n) is 2.49. The maximum absolute atomic E-state index is 12.5. The van der Waals surface area contributed by atoms with Gasteiger partial charge in [-0.15, -0.1) is 5.10 Å². The van der Waals surface area contributed by atoms with Crippen molar-refractivity contribution in [2.24, 2.45) is 0 Å². The van der Waals surface area contributed by atoms with E-state index in [2.05, 4.69) is 10.2 Å². The average Bonchev–Trinajstić information content (AvgIpc) is 2.89. The predicted octanol–water partition coefficient (Wildman–Crippen LogP) is 4.44. The van der Waals surface area contributed by atoms with Gasteiger partial charge in [-0.2, -0.15) is 0 Å². The first-order valence-corrected chi connectivity index (χ1v) is 8.07. The van der Waals surface area contributed by atoms with Crippen molar-refractivity contribution in [1.29, 1.82) is 0 Å². The number of carbonyl (C=O) groups excluding carboxylic acids is 1. The van der Waals surface area contributed by atoms with E-state index in [1.807, 2.05) is 30.3 Å². The van der Waals surface area contributed by atoms with Gasteiger partial charge in [0.05, 0.1) is 5.02 Å². The first-order valence-electron chi connectivity index (χ1n) is 7.32. The Balaban J connectivity index is 1.85. The van der Waals surface area contributed by atoms with E-state index in [-0.39, 0.29) is 18.1 Å². The lowest BCUT2D eigenvalue weighted by Crippen LogP contribution is -2.06. The molecule has 0 aliphatic heterocycles. The number of nitrogens with zero attached hydrogens (tertiary/aromatic N) is 1. The molecule has 0 radical (unpaired) electrons. The zero-order chi connectivity index (χ0) is 17.1. The highest BCUT2D eigenvalue weighted by atomic mass is 35.5. The molecule has 0 saturated heterocycles. The lowest BCUT2D eigenvalue weighted by molar-refractivity contribution is 0.0992. The number of aromatic amines is 1. The Kier molecular flexibility index (Phi) is 4.88. The SMILES string of the molecule is O=C(Cc1c(O)n[nH]c1Cc1ccccc1)c1ccc(Cl)cc1Cl. The summed E-state index contributed by atoms with van der Waals surface area (Å²) in [7, 11) is 0. The first-order chi connectivity index (χ1) is 11.5. The highest BCUT2D eigenvalue weighted by Gasteiger charge is 2.19. The number of aromatic hydroxyl groups is 1. The number of benzene rings is 2. The Bertz CT molecular complexity index is 876. The molecule has 3 rings (SSSR count). The number of nitrogens with one attached hydrogen (secondary N) is 1. The third-order valence-electron chi connectivity index (χ3n) is 3.72. The van der Waals surface area contributed by atoms with Crippen LogP contribution in [0.25, 0.3) is 0 Å². The van der Waals surface area contributed by atoms with Gasteiger partial charge in [-0.3, -0.25) is 9.89 Å². The molecule has 2 aromatic carbocycles. The van der Waals surface area contributed by atoms with E-state index in [4.69, 9.17) is 23.2 Å². The highest BCUT2D eigenvalue weighted by Crippen LogP contribution is 2.26. The van der Waals surface area contributed by atoms with Gasteiger partial charge < -0.3 is 5.11 Å². The summed E-state index contributed by atoms with van der Waals surface area (Å²) >= 11 is 11.9. The zero-order valence-corrected chi connectivity index (χ0v) is 14.1. The predicted molar refractivity (Wildman–Crippen MR) is 94.0 cm³/mol. The largest absolute Gasteiger partial charge is 0.492 e. The third kappa shape index (κ3) is 3.61. The van der Waals surface area contributed by atoms with Crippen molar-refractivity contribution < 1.29 is 9.90 Å². The third-order valence-corrected chi connectivity index (χ3v) is 4.27. The van der Waals surface area contributed by atoms with Crippen molar-refractivity contribution in [1.82, 2.24) is 10.2 Å². The molecule has 0 bridgehead atoms. The molecule has 1 aromatic heterocycles. The number of hydrogen-bond donors (Lipinski definition) is 2. The second-order valence-electron chi connectivity index (χ2n) is 5.39. The summed E-state index contributed by atoms with van der Waals surface area (Å²) in [4.78, 5) is 12.5. The molecule has 4 nitrogen and oxygen atoms in total. The molecule has 24 heavy (non-hydrogen) atoms. The summed E-state index contributed by atoms with van der Waals surface area (Å²) in [6.07, 6.45) is 0.553. The molecule has 2 N–H and O–H groups in total. The molecule has 0 aliphatic carbocycles. The van der Waals surface area contributed by atoms with Gasteiger partial charge in [0.15, 0.2) is 5.78 Å². The lowest BCUT2D eigenvalue weighted by Gasteiger charge is -2.06. The summed E-state index contributed by atoms with van der Waals surface area (Å²) < 4.78 is 0. The molecule has 1 heterocycles. The van der Waals surface area contributed by atoms with Crippen LogP contribution in [0.3, 0.4) is 0 Å². The number of Topliss-reactive ketones (excluding diaryl/α,β-unsaturated/α-hetero) is 1. The van der Waals surface area contributed by atoms with E-state index >= 15 is 0 Å². The van der Waals surface area contributed by atoms with Gasteiger partial charge in [0.1, 0.15) is 0 Å². The molecule has 3 aromatic rings. The lowest BCUT2D eigenvalue weighted by atomic mass is 10.00. The molecular formula is C18H14Cl2N2O2. The van der Waals surface area contributed by atoms with E-state index < -0.39 is 0 Å². The molecule has 6 heteroatoms. The minimum Gasteiger partial charge on any atom is -0.492 e. The van der Waals surface area contributed by atoms with Crippen LogP contribution in [0.5, 0.6) is 5.88 Å². The number of aromatic nitrogens is 2. The van der Waals surface area contributed by atoms with Crippen LogP contribution < -0.4 is 0 Å². The van der Waals surface area contributed by atoms with Crippen molar-refractivity contribution in [2.45, 2.75) is 12.8 Å². The van der Waals surface area contributed by atoms with Crippen LogP contribution in [-0.4, -0.2) is 21.1 Å². The fraction of sp³-hybridized carbons (Fsp3) is 0.111. The second kappa shape index (κ2) is 7.07. The normalized spacial score (nSPS) is 10.8. The molecule has 0 unspecified atom stereocenters. The topological polar surface area (TPSA) is 66.0 Å². The molecule has 0 saturated carbocycles. The quantitative estimate of drug-likeness (QED) is 0.661. The van der Waals surface area contributed by atoms with E-state index in [0.717, 1.165) is 5.56 Å². The Morgan fingerprint density at radius 2 is 1.88 bits per heavy atom. The van der Waals surface area contributed by atoms with Gasteiger partial charge in [-0.1, -0.05) is 53.5 Å². The first kappa shape index (κ1) is 16.6. The van der Waals surface area contributed by atoms with Crippen LogP contribution in [0.15, 0.2) is 48.5 Å². The number of H-pyrrole nitrogens is 1. The van der Waals surface area contributed by atoms with Gasteiger partial charge in [-0.25, -0.2) is 0 Å². The van der Waals surface area contributed by atoms with E-state index in [1.165, 1.54) is 6.07 Å². The average molecular weight is 361 g/mol. The molecular weight excluding hydrogens is 347 g/mol. The minimum atomic E-state index is -0.206. The standard InChI is InChI=1S/C18H14Cl2N2O2/c19-12-6-7-13(15(20)9-12)17(23)10-14-16(21-22-18(14)24)8-11-4-2-1-3-5-11/h1-7,9H,8,10H2,(H2,21,22,24). The maximum Gasteiger partial charge on any atom is 0.234 e. The summed E-state index contributed by atoms with van der Waals surface area (Å²) in [5.41, 5.74) is 2.61. The number of ketones is 1. The molecule has 0 spiro atoms. The monoisotopic (exact) mass is 360 g/mol. The summed E-state index contributed by atoms with van der Waals surface area (Å²) in [6.45, 7) is 0. The summed E-state index contributed by atoms with van der Waals surface area (Å²) in [6, 6.07) is 14.5. The van der Waals surface area contributed by atoms with Crippen LogP contribution in [0.1, 0.15) is 27.2 Å². The fourth-order valence-corrected chi connectivity index (χ4v) is 3.01. The Hall–Kier alpha value is -2.30. The van der Waals surface area contributed by atoms with Gasteiger partial charge in [0, 0.05) is 34.7 Å². The molecule has 122 valence electrons. The van der Waals surface area contributed by atoms with E-state index in [1.54, 1.807) is 12.1 Å². The molecule has 0 aliphatic rings. The zero-order valence-electron chi connectivity index (χ0n) is 12.6. The van der Waals surface area contributed by atoms with Gasteiger partial charge in [-0.05, 0) is 23.8 Å². The smallest absolute Gasteiger partial charge is 0.234 e. The number of rotatable bonds is 5. The van der Waals surface area contributed by atoms with Crippen LogP contribution in [0, 0.1) is 0 Å². The summed E-state index contributed by atoms with van der Waals surface area (Å²) in [5, 5.41) is 17.3. The van der Waals surface area contributed by atoms with E-state index in [0.29, 0.717) is 33.3 Å². The Morgan fingerprint density at radius 1 is 1.12 bits per heavy atom. The number of carbonyl (C=O) groups is 1. The van der Waals surface area contributed by atoms with Gasteiger partial charge in [0.25, 0.3) is 0 Å². The van der Waals surface area contributed by atoms with Crippen LogP contribution in [0.4, 0.5) is 0 Å². The minimum absolute atomic E-state index is 0.00581. The van der Waals surface area contributed by atoms with Crippen molar-refractivity contribution in [2.75, 3.05) is 0 Å². The number of halogens is 2. The number of hydrogen-bond acceptors (Lipinski definition) is 3. The molecule has 0 amide bonds. The van der Waals surface area contributed by atoms with Gasteiger partial charge >= 0.3 is 0 Å². The maximum atomic E-state index is 12.5. The van der Waals surface area contributed by atoms with Crippen LogP contribution >= 0.6 is 23.2 Å². The summed E-state index contributed by atoms with van der Waals surface area (Å²) in [5.74, 6) is -0.373. The Morgan fingerprint density at radius 3 is 2.58 bits per heavy atom. The van der Waals surface area contributed by atoms with Crippen molar-refractivity contribution in [3.05, 3.63) is 81.0 Å². The van der Waals surface area contributed by atoms with Gasteiger partial charge in [0.2, 0.25) is 5.88 Å². The molecule has 0 fully saturated rings. The van der Waals surface area contributed by atoms with E-state index in [9.17, 15) is 9.90 Å². The highest BCUT2D eigenvalue weighted by molar-refractivity contribution is 6.36. The van der Waals surface area contributed by atoms with Crippen molar-refractivity contribution in [3.8, 4) is 5.88 Å². The second-order valence-corrected chi connectivity index (χ2v) is 6.23. The Labute approximate surface area is 149 Å². The van der Waals surface area contributed by atoms with Crippen LogP contribution in [-0.2, 0) is 12.8 Å².